The molecule has 1 saturated heterocycles. The van der Waals surface area contributed by atoms with Gasteiger partial charge in [0.25, 0.3) is 0 Å². The van der Waals surface area contributed by atoms with Gasteiger partial charge in [0.05, 0.1) is 6.20 Å². The van der Waals surface area contributed by atoms with Gasteiger partial charge >= 0.3 is 12.1 Å². The van der Waals surface area contributed by atoms with Gasteiger partial charge in [0.1, 0.15) is 0 Å². The molecule has 1 aliphatic heterocycles. The fraction of sp³-hybridized carbons (Fsp3) is 0.733. The molecule has 2 N–H and O–H groups in total. The highest BCUT2D eigenvalue weighted by atomic mass is 19.4. The number of aryl methyl sites for hydroxylation is 1. The first-order valence-corrected chi connectivity index (χ1v) is 8.02. The molecule has 0 bridgehead atoms. The molecule has 0 saturated carbocycles. The van der Waals surface area contributed by atoms with Crippen LogP contribution in [0.2, 0.25) is 0 Å². The summed E-state index contributed by atoms with van der Waals surface area (Å²) in [5, 5.41) is 20.5. The summed E-state index contributed by atoms with van der Waals surface area (Å²) in [4.78, 5) is 13.7. The van der Waals surface area contributed by atoms with Crippen LogP contribution in [0.3, 0.4) is 0 Å². The normalized spacial score (nSPS) is 19.4. The third-order valence-electron chi connectivity index (χ3n) is 3.98. The second kappa shape index (κ2) is 9.73. The zero-order chi connectivity index (χ0) is 19.0. The lowest BCUT2D eigenvalue weighted by molar-refractivity contribution is -0.192. The Morgan fingerprint density at radius 3 is 2.52 bits per heavy atom. The fourth-order valence-corrected chi connectivity index (χ4v) is 2.53. The summed E-state index contributed by atoms with van der Waals surface area (Å²) in [5.41, 5.74) is 1.28. The molecule has 0 spiro atoms. The van der Waals surface area contributed by atoms with Gasteiger partial charge in [-0.15, -0.1) is 0 Å². The van der Waals surface area contributed by atoms with Gasteiger partial charge < -0.3 is 15.1 Å². The number of likely N-dealkylation sites (N-methyl/N-ethyl adjacent to an activating group) is 1. The maximum absolute atomic E-state index is 10.6. The van der Waals surface area contributed by atoms with Crippen LogP contribution in [0.15, 0.2) is 12.4 Å². The Bertz CT molecular complexity index is 536. The second-order valence-corrected chi connectivity index (χ2v) is 5.89. The van der Waals surface area contributed by atoms with Crippen molar-refractivity contribution < 1.29 is 28.2 Å². The van der Waals surface area contributed by atoms with Gasteiger partial charge in [-0.3, -0.25) is 9.58 Å². The van der Waals surface area contributed by atoms with Gasteiger partial charge in [0, 0.05) is 57.1 Å². The van der Waals surface area contributed by atoms with Gasteiger partial charge in [-0.1, -0.05) is 0 Å². The SMILES string of the molecule is CCn1cc(CN2CCN(C)C(CCO)C2)cn1.O=C(O)C(F)(F)F. The van der Waals surface area contributed by atoms with Crippen LogP contribution in [0.25, 0.3) is 0 Å². The standard InChI is InChI=1S/C13H24N4O.C2HF3O2/c1-3-17-10-12(8-14-17)9-16-6-5-15(2)13(11-16)4-7-18;3-2(4,5)1(6)7/h8,10,13,18H,3-7,9,11H2,1-2H3;(H,6,7). The van der Waals surface area contributed by atoms with Crippen molar-refractivity contribution in [3.63, 3.8) is 0 Å². The molecule has 1 aromatic rings. The van der Waals surface area contributed by atoms with Crippen molar-refractivity contribution in [1.82, 2.24) is 19.6 Å². The number of piperazine rings is 1. The van der Waals surface area contributed by atoms with Crippen LogP contribution in [0.1, 0.15) is 18.9 Å². The van der Waals surface area contributed by atoms with Crippen LogP contribution in [-0.4, -0.2) is 81.3 Å². The van der Waals surface area contributed by atoms with E-state index in [1.807, 2.05) is 10.9 Å². The number of hydrogen-bond acceptors (Lipinski definition) is 5. The molecule has 10 heteroatoms. The third kappa shape index (κ3) is 7.41. The average Bonchev–Trinajstić information content (AvgIpc) is 2.98. The predicted molar refractivity (Wildman–Crippen MR) is 85.0 cm³/mol. The largest absolute Gasteiger partial charge is 0.490 e. The summed E-state index contributed by atoms with van der Waals surface area (Å²) < 4.78 is 33.7. The molecule has 0 amide bonds. The number of alkyl halides is 3. The number of aliphatic hydroxyl groups is 1. The molecule has 0 aromatic carbocycles. The average molecular weight is 366 g/mol. The van der Waals surface area contributed by atoms with Crippen LogP contribution in [0.4, 0.5) is 13.2 Å². The molecular formula is C15H25F3N4O3. The summed E-state index contributed by atoms with van der Waals surface area (Å²) in [6.45, 7) is 7.48. The van der Waals surface area contributed by atoms with E-state index in [9.17, 15) is 13.2 Å². The fourth-order valence-electron chi connectivity index (χ4n) is 2.53. The first-order chi connectivity index (χ1) is 11.7. The minimum absolute atomic E-state index is 0.274. The molecule has 1 aliphatic rings. The minimum atomic E-state index is -5.08. The quantitative estimate of drug-likeness (QED) is 0.810. The van der Waals surface area contributed by atoms with Gasteiger partial charge in [-0.25, -0.2) is 4.79 Å². The lowest BCUT2D eigenvalue weighted by atomic mass is 10.1. The number of aliphatic hydroxyl groups excluding tert-OH is 1. The van der Waals surface area contributed by atoms with E-state index < -0.39 is 12.1 Å². The molecule has 25 heavy (non-hydrogen) atoms. The van der Waals surface area contributed by atoms with E-state index in [0.717, 1.165) is 39.1 Å². The second-order valence-electron chi connectivity index (χ2n) is 5.89. The summed E-state index contributed by atoms with van der Waals surface area (Å²) in [6, 6.07) is 0.477. The van der Waals surface area contributed by atoms with E-state index in [2.05, 4.69) is 35.1 Å². The van der Waals surface area contributed by atoms with Crippen molar-refractivity contribution >= 4 is 5.97 Å². The number of rotatable bonds is 5. The highest BCUT2D eigenvalue weighted by Gasteiger charge is 2.38. The van der Waals surface area contributed by atoms with Crippen molar-refractivity contribution in [3.8, 4) is 0 Å². The van der Waals surface area contributed by atoms with Crippen LogP contribution in [0.5, 0.6) is 0 Å². The van der Waals surface area contributed by atoms with Crippen LogP contribution in [-0.2, 0) is 17.9 Å². The molecule has 1 fully saturated rings. The Kier molecular flexibility index (Phi) is 8.33. The summed E-state index contributed by atoms with van der Waals surface area (Å²) in [7, 11) is 2.15. The zero-order valence-electron chi connectivity index (χ0n) is 14.4. The molecule has 7 nitrogen and oxygen atoms in total. The Hall–Kier alpha value is -1.65. The molecular weight excluding hydrogens is 341 g/mol. The number of halogens is 3. The van der Waals surface area contributed by atoms with Crippen LogP contribution < -0.4 is 0 Å². The molecule has 1 unspecified atom stereocenters. The maximum Gasteiger partial charge on any atom is 0.490 e. The summed E-state index contributed by atoms with van der Waals surface area (Å²) in [5.74, 6) is -2.76. The number of carboxylic acids is 1. The van der Waals surface area contributed by atoms with Crippen LogP contribution in [0, 0.1) is 0 Å². The van der Waals surface area contributed by atoms with Crippen molar-refractivity contribution in [1.29, 1.82) is 0 Å². The zero-order valence-corrected chi connectivity index (χ0v) is 14.4. The molecule has 1 aromatic heterocycles. The summed E-state index contributed by atoms with van der Waals surface area (Å²) >= 11 is 0. The molecule has 2 heterocycles. The Labute approximate surface area is 144 Å². The van der Waals surface area contributed by atoms with Gasteiger partial charge in [0.2, 0.25) is 0 Å². The van der Waals surface area contributed by atoms with E-state index >= 15 is 0 Å². The van der Waals surface area contributed by atoms with Gasteiger partial charge in [0.15, 0.2) is 0 Å². The van der Waals surface area contributed by atoms with Crippen molar-refractivity contribution in [2.24, 2.45) is 0 Å². The predicted octanol–water partition coefficient (Wildman–Crippen LogP) is 1.03. The van der Waals surface area contributed by atoms with Gasteiger partial charge in [-0.2, -0.15) is 18.3 Å². The Balaban J connectivity index is 0.000000381. The summed E-state index contributed by atoms with van der Waals surface area (Å²) in [6.07, 6.45) is -0.135. The number of carbonyl (C=O) groups is 1. The number of nitrogens with zero attached hydrogens (tertiary/aromatic N) is 4. The Morgan fingerprint density at radius 2 is 2.04 bits per heavy atom. The van der Waals surface area contributed by atoms with Crippen molar-refractivity contribution in [2.75, 3.05) is 33.3 Å². The third-order valence-corrected chi connectivity index (χ3v) is 3.98. The minimum Gasteiger partial charge on any atom is -0.475 e. The molecule has 1 atom stereocenters. The first kappa shape index (κ1) is 21.4. The molecule has 0 aliphatic carbocycles. The number of aromatic nitrogens is 2. The van der Waals surface area contributed by atoms with E-state index in [-0.39, 0.29) is 6.61 Å². The first-order valence-electron chi connectivity index (χ1n) is 8.02. The van der Waals surface area contributed by atoms with E-state index in [0.29, 0.717) is 6.04 Å². The molecule has 0 radical (unpaired) electrons. The monoisotopic (exact) mass is 366 g/mol. The lowest BCUT2D eigenvalue weighted by Gasteiger charge is -2.39. The van der Waals surface area contributed by atoms with E-state index in [1.54, 1.807) is 0 Å². The van der Waals surface area contributed by atoms with Crippen molar-refractivity contribution in [3.05, 3.63) is 18.0 Å². The number of hydrogen-bond donors (Lipinski definition) is 2. The topological polar surface area (TPSA) is 81.8 Å². The van der Waals surface area contributed by atoms with Gasteiger partial charge in [-0.05, 0) is 20.4 Å². The maximum atomic E-state index is 10.6. The number of aliphatic carboxylic acids is 1. The molecule has 144 valence electrons. The smallest absolute Gasteiger partial charge is 0.475 e. The number of carboxylic acid groups (broad SMARTS) is 1. The van der Waals surface area contributed by atoms with Crippen LogP contribution >= 0.6 is 0 Å². The van der Waals surface area contributed by atoms with Crippen molar-refractivity contribution in [2.45, 2.75) is 38.7 Å². The highest BCUT2D eigenvalue weighted by Crippen LogP contribution is 2.14. The Morgan fingerprint density at radius 1 is 1.40 bits per heavy atom. The lowest BCUT2D eigenvalue weighted by Crippen LogP contribution is -2.51. The highest BCUT2D eigenvalue weighted by molar-refractivity contribution is 5.73. The molecule has 2 rings (SSSR count). The van der Waals surface area contributed by atoms with E-state index in [1.165, 1.54) is 5.56 Å². The van der Waals surface area contributed by atoms with E-state index in [4.69, 9.17) is 15.0 Å².